The second kappa shape index (κ2) is 17.5. The number of hydrogen-bond donors (Lipinski definition) is 1. The summed E-state index contributed by atoms with van der Waals surface area (Å²) in [5.74, 6) is 1.57. The van der Waals surface area contributed by atoms with Crippen LogP contribution in [0.1, 0.15) is 117 Å². The first-order valence-electron chi connectivity index (χ1n) is 12.4. The molecule has 0 bridgehead atoms. The van der Waals surface area contributed by atoms with Crippen molar-refractivity contribution in [3.05, 3.63) is 0 Å². The minimum absolute atomic E-state index is 0.778. The summed E-state index contributed by atoms with van der Waals surface area (Å²) < 4.78 is 2.52. The molecule has 27 heavy (non-hydrogen) atoms. The molecule has 0 atom stereocenters. The molecule has 0 saturated heterocycles. The molecule has 2 N–H and O–H groups in total. The van der Waals surface area contributed by atoms with Crippen molar-refractivity contribution in [2.45, 2.75) is 117 Å². The van der Waals surface area contributed by atoms with E-state index >= 15 is 0 Å². The van der Waals surface area contributed by atoms with E-state index in [0.29, 0.717) is 0 Å². The molecule has 0 spiro atoms. The van der Waals surface area contributed by atoms with Gasteiger partial charge in [0.15, 0.2) is 0 Å². The molecule has 0 aromatic carbocycles. The van der Waals surface area contributed by atoms with E-state index in [2.05, 4.69) is 23.3 Å². The Kier molecular flexibility index (Phi) is 15.9. The molecule has 1 aliphatic heterocycles. The molecule has 0 aromatic heterocycles. The number of likely N-dealkylation sites (N-methyl/N-ethyl adjacent to an activating group) is 1. The van der Waals surface area contributed by atoms with Crippen LogP contribution in [0.3, 0.4) is 0 Å². The highest BCUT2D eigenvalue weighted by atomic mass is 15.3. The summed E-state index contributed by atoms with van der Waals surface area (Å²) in [5, 5.41) is 0. The molecule has 0 saturated carbocycles. The Balaban J connectivity index is 1.89. The number of rotatable bonds is 19. The van der Waals surface area contributed by atoms with Gasteiger partial charge in [0.05, 0.1) is 13.1 Å². The van der Waals surface area contributed by atoms with Gasteiger partial charge in [-0.1, -0.05) is 96.8 Å². The normalized spacial score (nSPS) is 14.6. The van der Waals surface area contributed by atoms with E-state index in [9.17, 15) is 0 Å². The van der Waals surface area contributed by atoms with Crippen molar-refractivity contribution in [2.24, 2.45) is 5.73 Å². The Hall–Kier alpha value is -0.570. The van der Waals surface area contributed by atoms with Gasteiger partial charge in [-0.25, -0.2) is 0 Å². The van der Waals surface area contributed by atoms with E-state index in [1.807, 2.05) is 0 Å². The van der Waals surface area contributed by atoms with Crippen LogP contribution < -0.4 is 5.73 Å². The predicted molar refractivity (Wildman–Crippen MR) is 121 cm³/mol. The lowest BCUT2D eigenvalue weighted by Crippen LogP contribution is -2.30. The summed E-state index contributed by atoms with van der Waals surface area (Å²) in [6.07, 6.45) is 22.8. The van der Waals surface area contributed by atoms with Crippen LogP contribution >= 0.6 is 0 Å². The first-order chi connectivity index (χ1) is 13.3. The zero-order valence-corrected chi connectivity index (χ0v) is 18.8. The van der Waals surface area contributed by atoms with Crippen molar-refractivity contribution in [2.75, 3.05) is 32.7 Å². The highest BCUT2D eigenvalue weighted by Crippen LogP contribution is 2.15. The van der Waals surface area contributed by atoms with Gasteiger partial charge in [0.2, 0.25) is 5.84 Å². The van der Waals surface area contributed by atoms with Gasteiger partial charge in [-0.2, -0.15) is 0 Å². The third kappa shape index (κ3) is 11.8. The minimum atomic E-state index is 0.778. The minimum Gasteiger partial charge on any atom is -0.327 e. The first-order valence-corrected chi connectivity index (χ1v) is 12.4. The van der Waals surface area contributed by atoms with Gasteiger partial charge in [0.25, 0.3) is 0 Å². The average Bonchev–Trinajstić information content (AvgIpc) is 3.07. The molecular weight excluding hydrogens is 330 g/mol. The summed E-state index contributed by atoms with van der Waals surface area (Å²) in [5.41, 5.74) is 5.77. The van der Waals surface area contributed by atoms with Crippen LogP contribution in [0, 0.1) is 0 Å². The zero-order chi connectivity index (χ0) is 19.6. The molecule has 0 aromatic rings. The lowest BCUT2D eigenvalue weighted by molar-refractivity contribution is -0.516. The van der Waals surface area contributed by atoms with Gasteiger partial charge in [0, 0.05) is 13.0 Å². The van der Waals surface area contributed by atoms with E-state index in [4.69, 9.17) is 5.73 Å². The Morgan fingerprint density at radius 1 is 0.741 bits per heavy atom. The fourth-order valence-electron chi connectivity index (χ4n) is 4.41. The average molecular weight is 381 g/mol. The van der Waals surface area contributed by atoms with Crippen molar-refractivity contribution in [3.8, 4) is 0 Å². The summed E-state index contributed by atoms with van der Waals surface area (Å²) in [4.78, 5) is 2.56. The van der Waals surface area contributed by atoms with Crippen molar-refractivity contribution < 1.29 is 4.58 Å². The van der Waals surface area contributed by atoms with Crippen LogP contribution in [-0.4, -0.2) is 48.0 Å². The molecule has 0 unspecified atom stereocenters. The Morgan fingerprint density at radius 3 is 1.67 bits per heavy atom. The second-order valence-electron chi connectivity index (χ2n) is 8.47. The topological polar surface area (TPSA) is 32.3 Å². The molecule has 0 aliphatic carbocycles. The summed E-state index contributed by atoms with van der Waals surface area (Å²) >= 11 is 0. The molecule has 1 aliphatic rings. The van der Waals surface area contributed by atoms with Crippen LogP contribution in [0.4, 0.5) is 0 Å². The van der Waals surface area contributed by atoms with E-state index in [0.717, 1.165) is 19.6 Å². The van der Waals surface area contributed by atoms with E-state index < -0.39 is 0 Å². The fraction of sp³-hybridized carbons (Fsp3) is 0.958. The molecule has 0 fully saturated rings. The Labute approximate surface area is 170 Å². The highest BCUT2D eigenvalue weighted by Gasteiger charge is 2.27. The van der Waals surface area contributed by atoms with Crippen LogP contribution in [0.2, 0.25) is 0 Å². The van der Waals surface area contributed by atoms with Gasteiger partial charge in [-0.05, 0) is 13.3 Å². The van der Waals surface area contributed by atoms with Crippen LogP contribution in [0.5, 0.6) is 0 Å². The Morgan fingerprint density at radius 2 is 1.22 bits per heavy atom. The van der Waals surface area contributed by atoms with Crippen molar-refractivity contribution in [1.29, 1.82) is 0 Å². The maximum atomic E-state index is 5.77. The second-order valence-corrected chi connectivity index (χ2v) is 8.47. The monoisotopic (exact) mass is 380 g/mol. The van der Waals surface area contributed by atoms with Gasteiger partial charge >= 0.3 is 0 Å². The first kappa shape index (κ1) is 24.5. The molecule has 0 radical (unpaired) electrons. The fourth-order valence-corrected chi connectivity index (χ4v) is 4.41. The molecule has 0 amide bonds. The van der Waals surface area contributed by atoms with E-state index in [1.165, 1.54) is 116 Å². The SMILES string of the molecule is CCCCCCCCCCCCCCCCCC1=[N+](CCN)CCN1CC. The lowest BCUT2D eigenvalue weighted by atomic mass is 10.0. The van der Waals surface area contributed by atoms with Crippen molar-refractivity contribution in [3.63, 3.8) is 0 Å². The summed E-state index contributed by atoms with van der Waals surface area (Å²) in [7, 11) is 0. The molecule has 3 nitrogen and oxygen atoms in total. The summed E-state index contributed by atoms with van der Waals surface area (Å²) in [6.45, 7) is 9.91. The molecular formula is C24H50N3+. The number of nitrogens with two attached hydrogens (primary N) is 1. The maximum Gasteiger partial charge on any atom is 0.247 e. The van der Waals surface area contributed by atoms with Gasteiger partial charge in [-0.15, -0.1) is 0 Å². The zero-order valence-electron chi connectivity index (χ0n) is 18.8. The highest BCUT2D eigenvalue weighted by molar-refractivity contribution is 5.78. The van der Waals surface area contributed by atoms with Crippen LogP contribution in [0.15, 0.2) is 0 Å². The predicted octanol–water partition coefficient (Wildman–Crippen LogP) is 5.95. The third-order valence-electron chi connectivity index (χ3n) is 6.15. The Bertz CT molecular complexity index is 365. The van der Waals surface area contributed by atoms with Crippen LogP contribution in [0.25, 0.3) is 0 Å². The number of nitrogens with zero attached hydrogens (tertiary/aromatic N) is 2. The maximum absolute atomic E-state index is 5.77. The van der Waals surface area contributed by atoms with Crippen molar-refractivity contribution >= 4 is 5.84 Å². The smallest absolute Gasteiger partial charge is 0.247 e. The van der Waals surface area contributed by atoms with Gasteiger partial charge in [-0.3, -0.25) is 9.48 Å². The quantitative estimate of drug-likeness (QED) is 0.222. The molecule has 3 heteroatoms. The van der Waals surface area contributed by atoms with Gasteiger partial charge in [0.1, 0.15) is 13.1 Å². The third-order valence-corrected chi connectivity index (χ3v) is 6.15. The molecule has 1 rings (SSSR count). The standard InChI is InChI=1S/C24H50N3/c1-3-5-6-7-8-9-10-11-12-13-14-15-16-17-18-19-24-26(4-2)22-23-27(24)21-20-25/h3-23,25H2,1-2H3/q+1. The number of hydrogen-bond acceptors (Lipinski definition) is 2. The summed E-state index contributed by atoms with van der Waals surface area (Å²) in [6, 6.07) is 0. The lowest BCUT2D eigenvalue weighted by Gasteiger charge is -2.11. The molecule has 1 heterocycles. The number of amidine groups is 1. The number of unbranched alkanes of at least 4 members (excludes halogenated alkanes) is 14. The van der Waals surface area contributed by atoms with E-state index in [1.54, 1.807) is 5.84 Å². The molecule has 160 valence electrons. The van der Waals surface area contributed by atoms with Gasteiger partial charge < -0.3 is 5.73 Å². The van der Waals surface area contributed by atoms with Crippen LogP contribution in [-0.2, 0) is 0 Å². The van der Waals surface area contributed by atoms with Crippen molar-refractivity contribution in [1.82, 2.24) is 4.90 Å². The van der Waals surface area contributed by atoms with E-state index in [-0.39, 0.29) is 0 Å². The largest absolute Gasteiger partial charge is 0.327 e.